The van der Waals surface area contributed by atoms with Crippen LogP contribution in [0.4, 0.5) is 0 Å². The highest BCUT2D eigenvalue weighted by Gasteiger charge is 2.19. The molecule has 90 valence electrons. The molecule has 1 aromatic heterocycles. The van der Waals surface area contributed by atoms with Gasteiger partial charge in [0.1, 0.15) is 0 Å². The minimum absolute atomic E-state index is 0.397. The Labute approximate surface area is 106 Å². The van der Waals surface area contributed by atoms with Crippen molar-refractivity contribution in [3.8, 4) is 5.69 Å². The zero-order valence-electron chi connectivity index (χ0n) is 10.3. The predicted octanol–water partition coefficient (Wildman–Crippen LogP) is 2.79. The van der Waals surface area contributed by atoms with E-state index in [9.17, 15) is 0 Å². The van der Waals surface area contributed by atoms with Gasteiger partial charge in [-0.05, 0) is 38.3 Å². The van der Waals surface area contributed by atoms with E-state index in [1.165, 1.54) is 4.90 Å². The first-order valence-electron chi connectivity index (χ1n) is 5.48. The monoisotopic (exact) mass is 247 g/mol. The molecule has 1 heterocycles. The number of nitrogens with two attached hydrogens (primary N) is 1. The molecule has 1 aromatic carbocycles. The average molecular weight is 247 g/mol. The van der Waals surface area contributed by atoms with E-state index in [2.05, 4.69) is 35.5 Å². The van der Waals surface area contributed by atoms with Crippen molar-refractivity contribution in [1.29, 1.82) is 0 Å². The molecule has 3 nitrogen and oxygen atoms in total. The second-order valence-corrected chi connectivity index (χ2v) is 5.45. The van der Waals surface area contributed by atoms with E-state index < -0.39 is 5.54 Å². The maximum atomic E-state index is 6.14. The topological polar surface area (TPSA) is 43.8 Å². The highest BCUT2D eigenvalue weighted by Crippen LogP contribution is 2.23. The van der Waals surface area contributed by atoms with Gasteiger partial charge in [-0.25, -0.2) is 4.98 Å². The molecule has 0 fully saturated rings. The van der Waals surface area contributed by atoms with Gasteiger partial charge in [0.2, 0.25) is 0 Å². The molecule has 0 radical (unpaired) electrons. The second kappa shape index (κ2) is 4.55. The standard InChI is InChI=1S/C13H17N3S/c1-13(2,14)12-8-15-9-16(12)10-5-4-6-11(7-10)17-3/h4-9H,14H2,1-3H3. The van der Waals surface area contributed by atoms with E-state index in [4.69, 9.17) is 5.73 Å². The summed E-state index contributed by atoms with van der Waals surface area (Å²) in [4.78, 5) is 5.43. The first kappa shape index (κ1) is 12.2. The van der Waals surface area contributed by atoms with Gasteiger partial charge < -0.3 is 10.3 Å². The van der Waals surface area contributed by atoms with Crippen molar-refractivity contribution in [2.75, 3.05) is 6.26 Å². The first-order valence-corrected chi connectivity index (χ1v) is 6.71. The van der Waals surface area contributed by atoms with E-state index >= 15 is 0 Å². The smallest absolute Gasteiger partial charge is 0.0994 e. The van der Waals surface area contributed by atoms with Crippen LogP contribution in [0.5, 0.6) is 0 Å². The number of hydrogen-bond acceptors (Lipinski definition) is 3. The molecule has 4 heteroatoms. The Morgan fingerprint density at radius 3 is 2.76 bits per heavy atom. The van der Waals surface area contributed by atoms with Crippen LogP contribution in [0.2, 0.25) is 0 Å². The third-order valence-corrected chi connectivity index (χ3v) is 3.36. The Kier molecular flexibility index (Phi) is 3.26. The van der Waals surface area contributed by atoms with Crippen molar-refractivity contribution < 1.29 is 0 Å². The third-order valence-electron chi connectivity index (χ3n) is 2.63. The molecule has 0 saturated heterocycles. The number of thioether (sulfide) groups is 1. The van der Waals surface area contributed by atoms with Gasteiger partial charge >= 0.3 is 0 Å². The fraction of sp³-hybridized carbons (Fsp3) is 0.308. The lowest BCUT2D eigenvalue weighted by molar-refractivity contribution is 0.524. The van der Waals surface area contributed by atoms with Gasteiger partial charge in [0.05, 0.1) is 23.8 Å². The van der Waals surface area contributed by atoms with E-state index in [0.717, 1.165) is 11.4 Å². The summed E-state index contributed by atoms with van der Waals surface area (Å²) in [5, 5.41) is 0. The van der Waals surface area contributed by atoms with Crippen molar-refractivity contribution in [2.45, 2.75) is 24.3 Å². The summed E-state index contributed by atoms with van der Waals surface area (Å²) in [6.45, 7) is 3.97. The van der Waals surface area contributed by atoms with Gasteiger partial charge in [-0.2, -0.15) is 0 Å². The van der Waals surface area contributed by atoms with Crippen LogP contribution in [0.15, 0.2) is 41.7 Å². The second-order valence-electron chi connectivity index (χ2n) is 4.57. The Morgan fingerprint density at radius 2 is 2.12 bits per heavy atom. The van der Waals surface area contributed by atoms with E-state index in [-0.39, 0.29) is 0 Å². The van der Waals surface area contributed by atoms with Crippen molar-refractivity contribution in [3.05, 3.63) is 42.5 Å². The number of hydrogen-bond donors (Lipinski definition) is 1. The van der Waals surface area contributed by atoms with Crippen molar-refractivity contribution >= 4 is 11.8 Å². The number of imidazole rings is 1. The van der Waals surface area contributed by atoms with E-state index in [1.54, 1.807) is 11.8 Å². The summed E-state index contributed by atoms with van der Waals surface area (Å²) >= 11 is 1.73. The molecule has 0 saturated carbocycles. The minimum Gasteiger partial charge on any atom is -0.321 e. The number of aromatic nitrogens is 2. The molecule has 0 aliphatic carbocycles. The third kappa shape index (κ3) is 2.53. The summed E-state index contributed by atoms with van der Waals surface area (Å²) in [7, 11) is 0. The Balaban J connectivity index is 2.50. The van der Waals surface area contributed by atoms with E-state index in [0.29, 0.717) is 0 Å². The maximum absolute atomic E-state index is 6.14. The van der Waals surface area contributed by atoms with Crippen LogP contribution < -0.4 is 5.73 Å². The Bertz CT molecular complexity index is 511. The molecule has 0 aliphatic rings. The number of nitrogens with zero attached hydrogens (tertiary/aromatic N) is 2. The van der Waals surface area contributed by atoms with Crippen LogP contribution in [-0.2, 0) is 5.54 Å². The lowest BCUT2D eigenvalue weighted by atomic mass is 10.0. The molecule has 2 aromatic rings. The van der Waals surface area contributed by atoms with Gasteiger partial charge in [0, 0.05) is 10.6 Å². The SMILES string of the molecule is CSc1cccc(-n2cncc2C(C)(C)N)c1. The van der Waals surface area contributed by atoms with Crippen molar-refractivity contribution in [2.24, 2.45) is 5.73 Å². The average Bonchev–Trinajstić information content (AvgIpc) is 2.77. The summed E-state index contributed by atoms with van der Waals surface area (Å²) in [6.07, 6.45) is 5.70. The molecule has 0 aliphatic heterocycles. The predicted molar refractivity (Wildman–Crippen MR) is 72.6 cm³/mol. The highest BCUT2D eigenvalue weighted by molar-refractivity contribution is 7.98. The quantitative estimate of drug-likeness (QED) is 0.848. The molecule has 0 amide bonds. The van der Waals surface area contributed by atoms with Crippen LogP contribution >= 0.6 is 11.8 Å². The van der Waals surface area contributed by atoms with Gasteiger partial charge in [0.25, 0.3) is 0 Å². The van der Waals surface area contributed by atoms with Crippen LogP contribution in [0.3, 0.4) is 0 Å². The Hall–Kier alpha value is -1.26. The normalized spacial score (nSPS) is 11.8. The van der Waals surface area contributed by atoms with Gasteiger partial charge in [-0.15, -0.1) is 11.8 Å². The largest absolute Gasteiger partial charge is 0.321 e. The first-order chi connectivity index (χ1) is 8.02. The molecule has 2 N–H and O–H groups in total. The minimum atomic E-state index is -0.397. The summed E-state index contributed by atoms with van der Waals surface area (Å²) in [6, 6.07) is 8.35. The van der Waals surface area contributed by atoms with E-state index in [1.807, 2.05) is 30.9 Å². The number of benzene rings is 1. The summed E-state index contributed by atoms with van der Waals surface area (Å²) < 4.78 is 2.04. The molecule has 0 atom stereocenters. The Morgan fingerprint density at radius 1 is 1.35 bits per heavy atom. The van der Waals surface area contributed by atoms with Crippen LogP contribution in [0, 0.1) is 0 Å². The molecule has 0 spiro atoms. The van der Waals surface area contributed by atoms with Gasteiger partial charge in [-0.1, -0.05) is 6.07 Å². The molecule has 0 unspecified atom stereocenters. The zero-order valence-corrected chi connectivity index (χ0v) is 11.2. The molecule has 2 rings (SSSR count). The maximum Gasteiger partial charge on any atom is 0.0994 e. The molecule has 17 heavy (non-hydrogen) atoms. The molecular formula is C13H17N3S. The lowest BCUT2D eigenvalue weighted by Crippen LogP contribution is -2.31. The molecule has 0 bridgehead atoms. The fourth-order valence-electron chi connectivity index (χ4n) is 1.74. The van der Waals surface area contributed by atoms with Crippen LogP contribution in [0.25, 0.3) is 5.69 Å². The lowest BCUT2D eigenvalue weighted by Gasteiger charge is -2.20. The van der Waals surface area contributed by atoms with Gasteiger partial charge in [0.15, 0.2) is 0 Å². The number of rotatable bonds is 3. The van der Waals surface area contributed by atoms with Gasteiger partial charge in [-0.3, -0.25) is 0 Å². The fourth-order valence-corrected chi connectivity index (χ4v) is 2.19. The highest BCUT2D eigenvalue weighted by atomic mass is 32.2. The summed E-state index contributed by atoms with van der Waals surface area (Å²) in [5.74, 6) is 0. The van der Waals surface area contributed by atoms with Crippen molar-refractivity contribution in [1.82, 2.24) is 9.55 Å². The van der Waals surface area contributed by atoms with Crippen LogP contribution in [-0.4, -0.2) is 15.8 Å². The zero-order chi connectivity index (χ0) is 12.5. The molecular weight excluding hydrogens is 230 g/mol. The van der Waals surface area contributed by atoms with Crippen LogP contribution in [0.1, 0.15) is 19.5 Å². The van der Waals surface area contributed by atoms with Crippen molar-refractivity contribution in [3.63, 3.8) is 0 Å². The summed E-state index contributed by atoms with van der Waals surface area (Å²) in [5.41, 5.74) is 7.86.